The van der Waals surface area contributed by atoms with Gasteiger partial charge in [-0.1, -0.05) is 30.3 Å². The van der Waals surface area contributed by atoms with Crippen molar-refractivity contribution >= 4 is 16.9 Å². The largest absolute Gasteiger partial charge is 0.352 e. The van der Waals surface area contributed by atoms with Crippen LogP contribution in [0.5, 0.6) is 0 Å². The quantitative estimate of drug-likeness (QED) is 0.801. The fourth-order valence-electron chi connectivity index (χ4n) is 2.99. The van der Waals surface area contributed by atoms with Crippen LogP contribution in [-0.2, 0) is 6.54 Å². The summed E-state index contributed by atoms with van der Waals surface area (Å²) < 4.78 is 2.19. The lowest BCUT2D eigenvalue weighted by Gasteiger charge is -2.28. The van der Waals surface area contributed by atoms with E-state index in [0.717, 1.165) is 49.6 Å². The minimum absolute atomic E-state index is 0.836. The van der Waals surface area contributed by atoms with Gasteiger partial charge in [0.2, 0.25) is 0 Å². The van der Waals surface area contributed by atoms with Gasteiger partial charge in [0.05, 0.1) is 11.8 Å². The summed E-state index contributed by atoms with van der Waals surface area (Å²) in [6.45, 7) is 4.81. The molecular formula is C17H19N5. The molecule has 0 saturated carbocycles. The van der Waals surface area contributed by atoms with Gasteiger partial charge in [0.25, 0.3) is 0 Å². The molecule has 0 radical (unpaired) electrons. The normalized spacial score (nSPS) is 15.4. The molecule has 1 fully saturated rings. The second-order valence-electron chi connectivity index (χ2n) is 5.60. The van der Waals surface area contributed by atoms with Gasteiger partial charge in [-0.3, -0.25) is 0 Å². The Labute approximate surface area is 129 Å². The van der Waals surface area contributed by atoms with Gasteiger partial charge < -0.3 is 14.8 Å². The summed E-state index contributed by atoms with van der Waals surface area (Å²) in [6, 6.07) is 12.5. The smallest absolute Gasteiger partial charge is 0.156 e. The van der Waals surface area contributed by atoms with Crippen molar-refractivity contribution in [2.24, 2.45) is 0 Å². The van der Waals surface area contributed by atoms with Gasteiger partial charge in [0.1, 0.15) is 5.52 Å². The lowest BCUT2D eigenvalue weighted by Crippen LogP contribution is -2.44. The fraction of sp³-hybridized carbons (Fsp3) is 0.294. The number of nitrogens with one attached hydrogen (secondary N) is 1. The molecule has 0 aliphatic carbocycles. The lowest BCUT2D eigenvalue weighted by molar-refractivity contribution is 0.586. The molecule has 3 heterocycles. The number of imidazole rings is 1. The fourth-order valence-corrected chi connectivity index (χ4v) is 2.99. The maximum absolute atomic E-state index is 4.63. The first-order valence-electron chi connectivity index (χ1n) is 7.71. The van der Waals surface area contributed by atoms with E-state index in [1.54, 1.807) is 0 Å². The zero-order chi connectivity index (χ0) is 14.8. The second kappa shape index (κ2) is 5.77. The first-order chi connectivity index (χ1) is 10.9. The Morgan fingerprint density at radius 2 is 1.82 bits per heavy atom. The van der Waals surface area contributed by atoms with Crippen LogP contribution in [0.1, 0.15) is 5.56 Å². The molecule has 0 spiro atoms. The Kier molecular flexibility index (Phi) is 3.48. The Morgan fingerprint density at radius 3 is 2.64 bits per heavy atom. The number of rotatable bonds is 3. The van der Waals surface area contributed by atoms with Crippen molar-refractivity contribution in [3.05, 3.63) is 54.5 Å². The third kappa shape index (κ3) is 2.44. The van der Waals surface area contributed by atoms with Crippen molar-refractivity contribution in [2.45, 2.75) is 6.54 Å². The molecule has 1 N–H and O–H groups in total. The molecule has 0 amide bonds. The monoisotopic (exact) mass is 293 g/mol. The number of pyridine rings is 1. The van der Waals surface area contributed by atoms with E-state index in [0.29, 0.717) is 0 Å². The molecule has 1 aliphatic rings. The third-order valence-electron chi connectivity index (χ3n) is 4.13. The Hall–Kier alpha value is -2.40. The van der Waals surface area contributed by atoms with E-state index in [9.17, 15) is 0 Å². The van der Waals surface area contributed by atoms with Crippen molar-refractivity contribution < 1.29 is 0 Å². The van der Waals surface area contributed by atoms with Crippen LogP contribution in [0.25, 0.3) is 11.0 Å². The van der Waals surface area contributed by atoms with Gasteiger partial charge in [-0.25, -0.2) is 9.97 Å². The van der Waals surface area contributed by atoms with E-state index < -0.39 is 0 Å². The predicted octanol–water partition coefficient (Wildman–Crippen LogP) is 1.89. The summed E-state index contributed by atoms with van der Waals surface area (Å²) in [5.41, 5.74) is 3.43. The SMILES string of the molecule is c1ccc(Cn2cnc3c(N4CCNCC4)nccc32)cc1. The van der Waals surface area contributed by atoms with Crippen molar-refractivity contribution in [2.75, 3.05) is 31.1 Å². The number of fused-ring (bicyclic) bond motifs is 1. The number of hydrogen-bond acceptors (Lipinski definition) is 4. The molecule has 22 heavy (non-hydrogen) atoms. The van der Waals surface area contributed by atoms with Crippen molar-refractivity contribution in [1.82, 2.24) is 19.9 Å². The first kappa shape index (κ1) is 13.3. The van der Waals surface area contributed by atoms with Crippen LogP contribution in [-0.4, -0.2) is 40.7 Å². The minimum Gasteiger partial charge on any atom is -0.352 e. The van der Waals surface area contributed by atoms with Crippen molar-refractivity contribution in [3.8, 4) is 0 Å². The molecule has 1 aromatic carbocycles. The van der Waals surface area contributed by atoms with Gasteiger partial charge in [0, 0.05) is 38.9 Å². The van der Waals surface area contributed by atoms with E-state index in [-0.39, 0.29) is 0 Å². The van der Waals surface area contributed by atoms with Gasteiger partial charge in [-0.05, 0) is 11.6 Å². The predicted molar refractivity (Wildman–Crippen MR) is 88.2 cm³/mol. The van der Waals surface area contributed by atoms with Gasteiger partial charge in [-0.15, -0.1) is 0 Å². The molecule has 2 aromatic heterocycles. The highest BCUT2D eigenvalue weighted by atomic mass is 15.2. The molecular weight excluding hydrogens is 274 g/mol. The van der Waals surface area contributed by atoms with Crippen LogP contribution in [0.4, 0.5) is 5.82 Å². The highest BCUT2D eigenvalue weighted by Gasteiger charge is 2.17. The van der Waals surface area contributed by atoms with Crippen LogP contribution in [0.15, 0.2) is 48.9 Å². The summed E-state index contributed by atoms with van der Waals surface area (Å²) in [7, 11) is 0. The maximum atomic E-state index is 4.63. The first-order valence-corrected chi connectivity index (χ1v) is 7.71. The Morgan fingerprint density at radius 1 is 1.00 bits per heavy atom. The average molecular weight is 293 g/mol. The van der Waals surface area contributed by atoms with Crippen LogP contribution in [0.2, 0.25) is 0 Å². The lowest BCUT2D eigenvalue weighted by atomic mass is 10.2. The molecule has 0 atom stereocenters. The summed E-state index contributed by atoms with van der Waals surface area (Å²) in [5, 5.41) is 3.38. The number of hydrogen-bond donors (Lipinski definition) is 1. The summed E-state index contributed by atoms with van der Waals surface area (Å²) >= 11 is 0. The molecule has 4 rings (SSSR count). The van der Waals surface area contributed by atoms with E-state index in [1.807, 2.05) is 18.6 Å². The van der Waals surface area contributed by atoms with Gasteiger partial charge >= 0.3 is 0 Å². The topological polar surface area (TPSA) is 46.0 Å². The molecule has 112 valence electrons. The zero-order valence-corrected chi connectivity index (χ0v) is 12.4. The highest BCUT2D eigenvalue weighted by molar-refractivity contribution is 5.86. The highest BCUT2D eigenvalue weighted by Crippen LogP contribution is 2.23. The van der Waals surface area contributed by atoms with E-state index in [4.69, 9.17) is 0 Å². The maximum Gasteiger partial charge on any atom is 0.156 e. The zero-order valence-electron chi connectivity index (χ0n) is 12.4. The van der Waals surface area contributed by atoms with Gasteiger partial charge in [-0.2, -0.15) is 0 Å². The van der Waals surface area contributed by atoms with E-state index in [1.165, 1.54) is 5.56 Å². The molecule has 5 nitrogen and oxygen atoms in total. The van der Waals surface area contributed by atoms with Crippen molar-refractivity contribution in [3.63, 3.8) is 0 Å². The number of aromatic nitrogens is 3. The Bertz CT molecular complexity index is 759. The van der Waals surface area contributed by atoms with E-state index >= 15 is 0 Å². The summed E-state index contributed by atoms with van der Waals surface area (Å²) in [4.78, 5) is 11.5. The summed E-state index contributed by atoms with van der Waals surface area (Å²) in [6.07, 6.45) is 3.81. The third-order valence-corrected chi connectivity index (χ3v) is 4.13. The molecule has 3 aromatic rings. The standard InChI is InChI=1S/C17H19N5/c1-2-4-14(5-3-1)12-22-13-20-16-15(22)6-7-19-17(16)21-10-8-18-9-11-21/h1-7,13,18H,8-12H2. The van der Waals surface area contributed by atoms with E-state index in [2.05, 4.69) is 55.1 Å². The molecule has 1 aliphatic heterocycles. The van der Waals surface area contributed by atoms with Gasteiger partial charge in [0.15, 0.2) is 5.82 Å². The number of anilines is 1. The van der Waals surface area contributed by atoms with Crippen LogP contribution < -0.4 is 10.2 Å². The molecule has 0 unspecified atom stereocenters. The molecule has 5 heteroatoms. The number of benzene rings is 1. The molecule has 0 bridgehead atoms. The van der Waals surface area contributed by atoms with Crippen LogP contribution in [0.3, 0.4) is 0 Å². The molecule has 1 saturated heterocycles. The Balaban J connectivity index is 1.70. The average Bonchev–Trinajstić information content (AvgIpc) is 3.00. The minimum atomic E-state index is 0.836. The number of piperazine rings is 1. The number of nitrogens with zero attached hydrogens (tertiary/aromatic N) is 4. The summed E-state index contributed by atoms with van der Waals surface area (Å²) in [5.74, 6) is 1.01. The second-order valence-corrected chi connectivity index (χ2v) is 5.60. The van der Waals surface area contributed by atoms with Crippen LogP contribution >= 0.6 is 0 Å². The van der Waals surface area contributed by atoms with Crippen LogP contribution in [0, 0.1) is 0 Å². The van der Waals surface area contributed by atoms with Crippen molar-refractivity contribution in [1.29, 1.82) is 0 Å².